The second-order valence-electron chi connectivity index (χ2n) is 4.97. The summed E-state index contributed by atoms with van der Waals surface area (Å²) in [5.74, 6) is 0.901. The van der Waals surface area contributed by atoms with Gasteiger partial charge in [-0.25, -0.2) is 4.98 Å². The van der Waals surface area contributed by atoms with Gasteiger partial charge in [0.2, 0.25) is 0 Å². The maximum atomic E-state index is 4.61. The fourth-order valence-corrected chi connectivity index (χ4v) is 1.96. The molecule has 0 fully saturated rings. The fourth-order valence-electron chi connectivity index (χ4n) is 1.96. The molecule has 0 aromatic carbocycles. The van der Waals surface area contributed by atoms with Crippen molar-refractivity contribution in [2.24, 2.45) is 0 Å². The molecule has 0 aliphatic heterocycles. The number of aryl methyl sites for hydroxylation is 1. The normalized spacial score (nSPS) is 11.9. The number of nitrogens with zero attached hydrogens (tertiary/aromatic N) is 2. The Kier molecular flexibility index (Phi) is 2.70. The van der Waals surface area contributed by atoms with Gasteiger partial charge in [0.25, 0.3) is 0 Å². The lowest BCUT2D eigenvalue weighted by Gasteiger charge is -2.02. The van der Waals surface area contributed by atoms with Gasteiger partial charge >= 0.3 is 0 Å². The van der Waals surface area contributed by atoms with E-state index in [1.807, 2.05) is 13.1 Å². The first-order chi connectivity index (χ1) is 7.50. The molecule has 3 heteroatoms. The molecule has 2 aromatic rings. The quantitative estimate of drug-likeness (QED) is 0.836. The van der Waals surface area contributed by atoms with E-state index in [-0.39, 0.29) is 0 Å². The first-order valence-electron chi connectivity index (χ1n) is 5.85. The predicted octanol–water partition coefficient (Wildman–Crippen LogP) is 3.51. The van der Waals surface area contributed by atoms with E-state index in [0.717, 1.165) is 16.7 Å². The zero-order valence-electron chi connectivity index (χ0n) is 10.6. The highest BCUT2D eigenvalue weighted by Crippen LogP contribution is 2.29. The lowest BCUT2D eigenvalue weighted by Crippen LogP contribution is -1.91. The maximum Gasteiger partial charge on any atom is 0.110 e. The number of rotatable bonds is 2. The molecule has 1 N–H and O–H groups in total. The Bertz CT molecular complexity index is 509. The summed E-state index contributed by atoms with van der Waals surface area (Å²) in [4.78, 5) is 12.6. The average molecular weight is 217 g/mol. The Morgan fingerprint density at radius 2 is 1.56 bits per heavy atom. The summed E-state index contributed by atoms with van der Waals surface area (Å²) in [7, 11) is 0. The van der Waals surface area contributed by atoms with Crippen molar-refractivity contribution in [1.82, 2.24) is 15.0 Å². The largest absolute Gasteiger partial charge is 0.358 e. The van der Waals surface area contributed by atoms with E-state index >= 15 is 0 Å². The molecule has 86 valence electrons. The van der Waals surface area contributed by atoms with Gasteiger partial charge in [0.05, 0.1) is 5.69 Å². The first-order valence-corrected chi connectivity index (χ1v) is 5.85. The van der Waals surface area contributed by atoms with Gasteiger partial charge in [0.1, 0.15) is 11.0 Å². The predicted molar refractivity (Wildman–Crippen MR) is 66.8 cm³/mol. The maximum absolute atomic E-state index is 4.61. The van der Waals surface area contributed by atoms with Gasteiger partial charge in [-0.2, -0.15) is 0 Å². The van der Waals surface area contributed by atoms with Crippen molar-refractivity contribution >= 4 is 11.0 Å². The number of aromatic nitrogens is 3. The number of hydrogen-bond donors (Lipinski definition) is 1. The first kappa shape index (κ1) is 11.1. The number of nitrogens with one attached hydrogen (secondary N) is 1. The van der Waals surface area contributed by atoms with Crippen LogP contribution in [0.2, 0.25) is 0 Å². The van der Waals surface area contributed by atoms with E-state index in [9.17, 15) is 0 Å². The average Bonchev–Trinajstić information content (AvgIpc) is 2.56. The molecule has 0 saturated heterocycles. The topological polar surface area (TPSA) is 41.6 Å². The molecule has 3 nitrogen and oxygen atoms in total. The Balaban J connectivity index is 2.76. The summed E-state index contributed by atoms with van der Waals surface area (Å²) in [6.45, 7) is 10.7. The fraction of sp³-hybridized carbons (Fsp3) is 0.538. The third-order valence-corrected chi connectivity index (χ3v) is 2.83. The van der Waals surface area contributed by atoms with E-state index < -0.39 is 0 Å². The summed E-state index contributed by atoms with van der Waals surface area (Å²) in [6, 6.07) is 0. The minimum absolute atomic E-state index is 0.450. The Labute approximate surface area is 96.3 Å². The van der Waals surface area contributed by atoms with E-state index in [1.54, 1.807) is 0 Å². The molecule has 2 rings (SSSR count). The van der Waals surface area contributed by atoms with Crippen molar-refractivity contribution in [3.63, 3.8) is 0 Å². The Hall–Kier alpha value is -1.38. The monoisotopic (exact) mass is 217 g/mol. The molecule has 0 aliphatic rings. The summed E-state index contributed by atoms with van der Waals surface area (Å²) in [6.07, 6.45) is 1.84. The van der Waals surface area contributed by atoms with Crippen LogP contribution in [0.1, 0.15) is 56.6 Å². The van der Waals surface area contributed by atoms with Crippen LogP contribution in [-0.2, 0) is 0 Å². The summed E-state index contributed by atoms with van der Waals surface area (Å²) >= 11 is 0. The molecule has 0 atom stereocenters. The molecule has 0 saturated carbocycles. The van der Waals surface area contributed by atoms with E-state index in [2.05, 4.69) is 42.6 Å². The number of fused-ring (bicyclic) bond motifs is 1. The zero-order chi connectivity index (χ0) is 11.9. The van der Waals surface area contributed by atoms with Gasteiger partial charge < -0.3 is 4.98 Å². The molecule has 16 heavy (non-hydrogen) atoms. The highest BCUT2D eigenvalue weighted by molar-refractivity contribution is 5.81. The molecule has 0 amide bonds. The summed E-state index contributed by atoms with van der Waals surface area (Å²) < 4.78 is 0. The van der Waals surface area contributed by atoms with Crippen molar-refractivity contribution in [2.45, 2.75) is 46.5 Å². The number of H-pyrrole nitrogens is 1. The van der Waals surface area contributed by atoms with Gasteiger partial charge in [0.15, 0.2) is 0 Å². The van der Waals surface area contributed by atoms with E-state index in [4.69, 9.17) is 0 Å². The van der Waals surface area contributed by atoms with Crippen LogP contribution in [-0.4, -0.2) is 15.0 Å². The number of hydrogen-bond acceptors (Lipinski definition) is 2. The van der Waals surface area contributed by atoms with Crippen molar-refractivity contribution < 1.29 is 0 Å². The van der Waals surface area contributed by atoms with Crippen LogP contribution in [0.5, 0.6) is 0 Å². The lowest BCUT2D eigenvalue weighted by atomic mass is 10.1. The number of aromatic amines is 1. The third kappa shape index (κ3) is 1.70. The molecular weight excluding hydrogens is 198 g/mol. The second-order valence-corrected chi connectivity index (χ2v) is 4.97. The molecule has 2 heterocycles. The lowest BCUT2D eigenvalue weighted by molar-refractivity contribution is 0.791. The van der Waals surface area contributed by atoms with Crippen LogP contribution in [0.15, 0.2) is 6.20 Å². The summed E-state index contributed by atoms with van der Waals surface area (Å²) in [5, 5.41) is 0. The Morgan fingerprint density at radius 3 is 2.12 bits per heavy atom. The highest BCUT2D eigenvalue weighted by atomic mass is 14.9. The van der Waals surface area contributed by atoms with Crippen LogP contribution in [0, 0.1) is 6.92 Å². The third-order valence-electron chi connectivity index (χ3n) is 2.83. The van der Waals surface area contributed by atoms with E-state index in [1.165, 1.54) is 11.4 Å². The molecule has 0 radical (unpaired) electrons. The molecule has 0 spiro atoms. The van der Waals surface area contributed by atoms with Gasteiger partial charge in [-0.1, -0.05) is 27.7 Å². The molecule has 0 unspecified atom stereocenters. The molecule has 2 aromatic heterocycles. The van der Waals surface area contributed by atoms with Crippen LogP contribution in [0.4, 0.5) is 0 Å². The second kappa shape index (κ2) is 3.89. The highest BCUT2D eigenvalue weighted by Gasteiger charge is 2.17. The van der Waals surface area contributed by atoms with Crippen LogP contribution in [0.25, 0.3) is 11.0 Å². The van der Waals surface area contributed by atoms with Crippen molar-refractivity contribution in [3.05, 3.63) is 23.3 Å². The molecule has 0 aliphatic carbocycles. The van der Waals surface area contributed by atoms with Crippen molar-refractivity contribution in [1.29, 1.82) is 0 Å². The van der Waals surface area contributed by atoms with Gasteiger partial charge in [-0.3, -0.25) is 4.98 Å². The smallest absolute Gasteiger partial charge is 0.110 e. The van der Waals surface area contributed by atoms with Gasteiger partial charge in [0, 0.05) is 17.6 Å². The SMILES string of the molecule is Cc1cnc2c(C(C)C)[nH]c(C(C)C)c2n1. The van der Waals surface area contributed by atoms with Crippen molar-refractivity contribution in [3.8, 4) is 0 Å². The van der Waals surface area contributed by atoms with Crippen LogP contribution >= 0.6 is 0 Å². The van der Waals surface area contributed by atoms with Crippen LogP contribution in [0.3, 0.4) is 0 Å². The van der Waals surface area contributed by atoms with E-state index in [0.29, 0.717) is 11.8 Å². The van der Waals surface area contributed by atoms with Gasteiger partial charge in [-0.05, 0) is 18.8 Å². The molecule has 0 bridgehead atoms. The van der Waals surface area contributed by atoms with Gasteiger partial charge in [-0.15, -0.1) is 0 Å². The zero-order valence-corrected chi connectivity index (χ0v) is 10.6. The molecular formula is C13H19N3. The standard InChI is InChI=1S/C13H19N3/c1-7(2)10-12-13(11(16-10)8(3)4)15-9(5)6-14-12/h6-8,16H,1-5H3. The minimum Gasteiger partial charge on any atom is -0.358 e. The van der Waals surface area contributed by atoms with Crippen molar-refractivity contribution in [2.75, 3.05) is 0 Å². The summed E-state index contributed by atoms with van der Waals surface area (Å²) in [5.41, 5.74) is 5.45. The minimum atomic E-state index is 0.450. The van der Waals surface area contributed by atoms with Crippen LogP contribution < -0.4 is 0 Å². The Morgan fingerprint density at radius 1 is 1.00 bits per heavy atom.